The molecule has 0 radical (unpaired) electrons. The van der Waals surface area contributed by atoms with Crippen molar-refractivity contribution in [3.63, 3.8) is 0 Å². The number of hydrogen-bond donors (Lipinski definition) is 1. The number of nitrogens with zero attached hydrogens (tertiary/aromatic N) is 1. The lowest BCUT2D eigenvalue weighted by Gasteiger charge is -2.07. The molecule has 1 saturated carbocycles. The number of benzene rings is 2. The van der Waals surface area contributed by atoms with Crippen LogP contribution >= 0.6 is 0 Å². The number of hydrogen-bond acceptors (Lipinski definition) is 3. The van der Waals surface area contributed by atoms with Crippen LogP contribution in [0.2, 0.25) is 0 Å². The average Bonchev–Trinajstić information content (AvgIpc) is 3.25. The smallest absolute Gasteiger partial charge is 0.230 e. The number of nitrogens with one attached hydrogen (secondary N) is 1. The Morgan fingerprint density at radius 2 is 2.00 bits per heavy atom. The zero-order valence-corrected chi connectivity index (χ0v) is 10.8. The summed E-state index contributed by atoms with van der Waals surface area (Å²) in [6, 6.07) is 13.2. The van der Waals surface area contributed by atoms with Gasteiger partial charge in [-0.25, -0.2) is 0 Å². The van der Waals surface area contributed by atoms with Gasteiger partial charge >= 0.3 is 0 Å². The summed E-state index contributed by atoms with van der Waals surface area (Å²) in [6.45, 7) is 0.404. The minimum Gasteiger partial charge on any atom is -0.352 e. The molecule has 102 valence electrons. The molecule has 0 aliphatic heterocycles. The molecule has 1 aliphatic carbocycles. The fourth-order valence-electron chi connectivity index (χ4n) is 2.46. The number of carbonyl (C=O) groups excluding carboxylic acids is 1. The Hall–Kier alpha value is -2.43. The first-order valence-electron chi connectivity index (χ1n) is 6.54. The first-order valence-corrected chi connectivity index (χ1v) is 6.54. The van der Waals surface area contributed by atoms with E-state index in [9.17, 15) is 14.9 Å². The summed E-state index contributed by atoms with van der Waals surface area (Å²) in [5.41, 5.74) is 1.02. The molecule has 20 heavy (non-hydrogen) atoms. The maximum Gasteiger partial charge on any atom is 0.230 e. The van der Waals surface area contributed by atoms with Crippen molar-refractivity contribution >= 4 is 16.7 Å². The normalized spacial score (nSPS) is 20.6. The molecule has 1 amide bonds. The molecular weight excluding hydrogens is 256 g/mol. The lowest BCUT2D eigenvalue weighted by Crippen LogP contribution is -2.26. The summed E-state index contributed by atoms with van der Waals surface area (Å²) in [7, 11) is 0. The second kappa shape index (κ2) is 4.92. The van der Waals surface area contributed by atoms with Crippen molar-refractivity contribution in [3.05, 3.63) is 58.1 Å². The van der Waals surface area contributed by atoms with Crippen LogP contribution in [0.25, 0.3) is 10.8 Å². The molecule has 0 saturated heterocycles. The lowest BCUT2D eigenvalue weighted by molar-refractivity contribution is -0.497. The monoisotopic (exact) mass is 270 g/mol. The van der Waals surface area contributed by atoms with Gasteiger partial charge in [0.05, 0.1) is 0 Å². The highest BCUT2D eigenvalue weighted by molar-refractivity contribution is 5.87. The minimum absolute atomic E-state index is 0.223. The van der Waals surface area contributed by atoms with Crippen molar-refractivity contribution in [1.29, 1.82) is 0 Å². The van der Waals surface area contributed by atoms with E-state index in [1.165, 1.54) is 0 Å². The molecule has 2 aromatic rings. The van der Waals surface area contributed by atoms with E-state index in [0.717, 1.165) is 16.3 Å². The molecule has 0 unspecified atom stereocenters. The quantitative estimate of drug-likeness (QED) is 0.683. The van der Waals surface area contributed by atoms with Crippen LogP contribution in [0.4, 0.5) is 0 Å². The topological polar surface area (TPSA) is 72.2 Å². The first-order chi connectivity index (χ1) is 9.66. The van der Waals surface area contributed by atoms with Gasteiger partial charge in [0.1, 0.15) is 5.92 Å². The van der Waals surface area contributed by atoms with Crippen LogP contribution in [0, 0.1) is 16.0 Å². The predicted molar refractivity (Wildman–Crippen MR) is 74.7 cm³/mol. The van der Waals surface area contributed by atoms with E-state index in [4.69, 9.17) is 0 Å². The van der Waals surface area contributed by atoms with Crippen molar-refractivity contribution in [2.45, 2.75) is 19.0 Å². The molecule has 0 aromatic heterocycles. The van der Waals surface area contributed by atoms with Crippen molar-refractivity contribution in [2.75, 3.05) is 0 Å². The van der Waals surface area contributed by atoms with Gasteiger partial charge in [0.25, 0.3) is 0 Å². The number of nitro groups is 1. The fraction of sp³-hybridized carbons (Fsp3) is 0.267. The van der Waals surface area contributed by atoms with Gasteiger partial charge in [0.15, 0.2) is 0 Å². The zero-order chi connectivity index (χ0) is 14.1. The van der Waals surface area contributed by atoms with Crippen LogP contribution in [0.3, 0.4) is 0 Å². The molecule has 3 rings (SSSR count). The number of rotatable bonds is 4. The number of carbonyl (C=O) groups is 1. The Morgan fingerprint density at radius 1 is 1.25 bits per heavy atom. The van der Waals surface area contributed by atoms with Crippen LogP contribution in [-0.4, -0.2) is 16.9 Å². The summed E-state index contributed by atoms with van der Waals surface area (Å²) in [5, 5.41) is 15.6. The molecule has 0 bridgehead atoms. The highest BCUT2D eigenvalue weighted by Gasteiger charge is 2.53. The highest BCUT2D eigenvalue weighted by Crippen LogP contribution is 2.33. The summed E-state index contributed by atoms with van der Waals surface area (Å²) < 4.78 is 0. The first kappa shape index (κ1) is 12.6. The maximum atomic E-state index is 11.8. The van der Waals surface area contributed by atoms with Gasteiger partial charge in [-0.2, -0.15) is 0 Å². The Balaban J connectivity index is 1.69. The van der Waals surface area contributed by atoms with Gasteiger partial charge in [-0.3, -0.25) is 14.9 Å². The van der Waals surface area contributed by atoms with E-state index in [1.807, 2.05) is 42.5 Å². The number of fused-ring (bicyclic) bond motifs is 1. The van der Waals surface area contributed by atoms with E-state index >= 15 is 0 Å². The zero-order valence-electron chi connectivity index (χ0n) is 10.8. The lowest BCUT2D eigenvalue weighted by atomic mass is 10.0. The van der Waals surface area contributed by atoms with Crippen molar-refractivity contribution in [3.8, 4) is 0 Å². The van der Waals surface area contributed by atoms with Gasteiger partial charge < -0.3 is 5.32 Å². The van der Waals surface area contributed by atoms with E-state index in [-0.39, 0.29) is 10.8 Å². The van der Waals surface area contributed by atoms with Crippen LogP contribution < -0.4 is 5.32 Å². The van der Waals surface area contributed by atoms with Crippen LogP contribution in [0.15, 0.2) is 42.5 Å². The van der Waals surface area contributed by atoms with E-state index < -0.39 is 12.0 Å². The molecular formula is C15H14N2O3. The molecule has 1 N–H and O–H groups in total. The summed E-state index contributed by atoms with van der Waals surface area (Å²) >= 11 is 0. The van der Waals surface area contributed by atoms with Crippen LogP contribution in [-0.2, 0) is 11.3 Å². The van der Waals surface area contributed by atoms with E-state index in [2.05, 4.69) is 5.32 Å². The average molecular weight is 270 g/mol. The van der Waals surface area contributed by atoms with Crippen LogP contribution in [0.1, 0.15) is 12.0 Å². The summed E-state index contributed by atoms with van der Waals surface area (Å²) in [4.78, 5) is 22.0. The van der Waals surface area contributed by atoms with Gasteiger partial charge in [-0.1, -0.05) is 42.5 Å². The molecule has 1 aliphatic rings. The van der Waals surface area contributed by atoms with Crippen LogP contribution in [0.5, 0.6) is 0 Å². The fourth-order valence-corrected chi connectivity index (χ4v) is 2.46. The second-order valence-corrected chi connectivity index (χ2v) is 5.05. The molecule has 2 aromatic carbocycles. The molecule has 2 atom stereocenters. The number of amides is 1. The summed E-state index contributed by atoms with van der Waals surface area (Å²) in [6.07, 6.45) is 0.356. The highest BCUT2D eigenvalue weighted by atomic mass is 16.6. The Morgan fingerprint density at radius 3 is 2.75 bits per heavy atom. The molecule has 5 nitrogen and oxygen atoms in total. The van der Waals surface area contributed by atoms with Crippen molar-refractivity contribution < 1.29 is 9.72 Å². The summed E-state index contributed by atoms with van der Waals surface area (Å²) in [5.74, 6) is -0.681. The standard InChI is InChI=1S/C15H14N2O3/c18-15(13-8-14(13)17(19)20)16-9-11-6-3-5-10-4-1-2-7-12(10)11/h1-7,13-14H,8-9H2,(H,16,18)/t13-,14+/m0/s1. The van der Waals surface area contributed by atoms with Gasteiger partial charge in [0.2, 0.25) is 11.9 Å². The van der Waals surface area contributed by atoms with E-state index in [1.54, 1.807) is 0 Å². The third kappa shape index (κ3) is 2.34. The van der Waals surface area contributed by atoms with Gasteiger partial charge in [-0.15, -0.1) is 0 Å². The molecule has 1 fully saturated rings. The maximum absolute atomic E-state index is 11.8. The largest absolute Gasteiger partial charge is 0.352 e. The minimum atomic E-state index is -0.692. The van der Waals surface area contributed by atoms with Gasteiger partial charge in [0, 0.05) is 17.9 Å². The van der Waals surface area contributed by atoms with E-state index in [0.29, 0.717) is 13.0 Å². The molecule has 5 heteroatoms. The SMILES string of the molecule is O=C(NCc1cccc2ccccc12)[C@H]1C[C@H]1[N+](=O)[O-]. The Labute approximate surface area is 115 Å². The van der Waals surface area contributed by atoms with Crippen molar-refractivity contribution in [1.82, 2.24) is 5.32 Å². The Kier molecular flexibility index (Phi) is 3.10. The second-order valence-electron chi connectivity index (χ2n) is 5.05. The van der Waals surface area contributed by atoms with Crippen molar-refractivity contribution in [2.24, 2.45) is 5.92 Å². The Bertz CT molecular complexity index is 678. The third-order valence-electron chi connectivity index (χ3n) is 3.70. The predicted octanol–water partition coefficient (Wildman–Crippen LogP) is 2.12. The van der Waals surface area contributed by atoms with Gasteiger partial charge in [-0.05, 0) is 16.3 Å². The molecule has 0 heterocycles. The molecule has 0 spiro atoms. The third-order valence-corrected chi connectivity index (χ3v) is 3.70.